The number of morpholine rings is 1. The van der Waals surface area contributed by atoms with E-state index in [0.29, 0.717) is 19.7 Å². The van der Waals surface area contributed by atoms with Crippen molar-refractivity contribution in [3.63, 3.8) is 0 Å². The summed E-state index contributed by atoms with van der Waals surface area (Å²) in [5, 5.41) is 11.8. The quantitative estimate of drug-likeness (QED) is 0.714. The third kappa shape index (κ3) is 4.63. The smallest absolute Gasteiger partial charge is 0.237 e. The minimum absolute atomic E-state index is 0.0460. The van der Waals surface area contributed by atoms with Crippen molar-refractivity contribution in [2.45, 2.75) is 45.3 Å². The van der Waals surface area contributed by atoms with Crippen LogP contribution in [0, 0.1) is 11.3 Å². The van der Waals surface area contributed by atoms with E-state index < -0.39 is 6.10 Å². The topological polar surface area (TPSA) is 65.4 Å². The van der Waals surface area contributed by atoms with Crippen LogP contribution in [0.25, 0.3) is 0 Å². The highest BCUT2D eigenvalue weighted by atomic mass is 16.5. The Morgan fingerprint density at radius 2 is 2.39 bits per heavy atom. The highest BCUT2D eigenvalue weighted by Gasteiger charge is 2.27. The van der Waals surface area contributed by atoms with E-state index >= 15 is 0 Å². The second-order valence-electron chi connectivity index (χ2n) is 4.66. The van der Waals surface area contributed by atoms with E-state index in [-0.39, 0.29) is 11.9 Å². The Morgan fingerprint density at radius 3 is 3.06 bits per heavy atom. The van der Waals surface area contributed by atoms with E-state index in [1.165, 1.54) is 0 Å². The molecule has 102 valence electrons. The molecule has 1 amide bonds. The molecule has 2 unspecified atom stereocenters. The van der Waals surface area contributed by atoms with Gasteiger partial charge < -0.3 is 10.1 Å². The molecule has 0 spiro atoms. The molecule has 0 aromatic rings. The van der Waals surface area contributed by atoms with Crippen LogP contribution in [0.1, 0.15) is 33.1 Å². The van der Waals surface area contributed by atoms with Crippen LogP contribution in [0.3, 0.4) is 0 Å². The number of nitrogens with one attached hydrogen (secondary N) is 1. The molecule has 1 aliphatic rings. The van der Waals surface area contributed by atoms with Crippen molar-refractivity contribution < 1.29 is 9.53 Å². The molecule has 1 aliphatic heterocycles. The first-order valence-corrected chi connectivity index (χ1v) is 6.72. The van der Waals surface area contributed by atoms with Crippen LogP contribution < -0.4 is 5.32 Å². The molecule has 0 aliphatic carbocycles. The van der Waals surface area contributed by atoms with Crippen molar-refractivity contribution in [3.05, 3.63) is 0 Å². The minimum atomic E-state index is -0.408. The zero-order valence-electron chi connectivity index (χ0n) is 11.3. The average Bonchev–Trinajstić information content (AvgIpc) is 2.42. The highest BCUT2D eigenvalue weighted by molar-refractivity contribution is 5.81. The third-order valence-electron chi connectivity index (χ3n) is 3.25. The summed E-state index contributed by atoms with van der Waals surface area (Å²) in [4.78, 5) is 13.9. The molecule has 1 fully saturated rings. The van der Waals surface area contributed by atoms with Crippen molar-refractivity contribution in [2.24, 2.45) is 0 Å². The first-order chi connectivity index (χ1) is 8.69. The summed E-state index contributed by atoms with van der Waals surface area (Å²) in [5.41, 5.74) is 0. The van der Waals surface area contributed by atoms with E-state index in [0.717, 1.165) is 25.8 Å². The van der Waals surface area contributed by atoms with Crippen LogP contribution in [0.5, 0.6) is 0 Å². The van der Waals surface area contributed by atoms with Crippen molar-refractivity contribution >= 4 is 5.91 Å². The second kappa shape index (κ2) is 8.06. The largest absolute Gasteiger partial charge is 0.361 e. The molecule has 1 heterocycles. The zero-order chi connectivity index (χ0) is 13.4. The highest BCUT2D eigenvalue weighted by Crippen LogP contribution is 2.08. The van der Waals surface area contributed by atoms with Gasteiger partial charge in [-0.2, -0.15) is 5.26 Å². The first-order valence-electron chi connectivity index (χ1n) is 6.72. The number of carbonyl (C=O) groups is 1. The number of carbonyl (C=O) groups excluding carboxylic acids is 1. The molecule has 0 aromatic heterocycles. The van der Waals surface area contributed by atoms with Crippen molar-refractivity contribution in [3.8, 4) is 6.07 Å². The molecule has 0 aromatic carbocycles. The van der Waals surface area contributed by atoms with Gasteiger partial charge in [0.2, 0.25) is 5.91 Å². The Hall–Kier alpha value is -1.12. The number of ether oxygens (including phenoxy) is 1. The molecular formula is C13H23N3O2. The van der Waals surface area contributed by atoms with Crippen LogP contribution in [-0.4, -0.2) is 49.2 Å². The normalized spacial score (nSPS) is 22.2. The predicted molar refractivity (Wildman–Crippen MR) is 68.9 cm³/mol. The second-order valence-corrected chi connectivity index (χ2v) is 4.66. The van der Waals surface area contributed by atoms with Crippen molar-refractivity contribution in [1.29, 1.82) is 5.26 Å². The van der Waals surface area contributed by atoms with Crippen LogP contribution in [0.15, 0.2) is 0 Å². The van der Waals surface area contributed by atoms with E-state index in [1.54, 1.807) is 0 Å². The molecule has 0 bridgehead atoms. The number of unbranched alkanes of at least 4 members (excludes halogenated alkanes) is 2. The number of hydrogen-bond donors (Lipinski definition) is 1. The molecule has 1 N–H and O–H groups in total. The summed E-state index contributed by atoms with van der Waals surface area (Å²) in [5.74, 6) is 0.0460. The zero-order valence-corrected chi connectivity index (χ0v) is 11.3. The van der Waals surface area contributed by atoms with Crippen LogP contribution in [-0.2, 0) is 9.53 Å². The molecule has 5 heteroatoms. The van der Waals surface area contributed by atoms with Gasteiger partial charge >= 0.3 is 0 Å². The van der Waals surface area contributed by atoms with Crippen molar-refractivity contribution in [2.75, 3.05) is 26.2 Å². The van der Waals surface area contributed by atoms with E-state index in [9.17, 15) is 4.79 Å². The molecule has 1 rings (SSSR count). The fourth-order valence-electron chi connectivity index (χ4n) is 2.00. The Bertz CT molecular complexity index is 301. The third-order valence-corrected chi connectivity index (χ3v) is 3.25. The summed E-state index contributed by atoms with van der Waals surface area (Å²) in [6.45, 7) is 6.51. The summed E-state index contributed by atoms with van der Waals surface area (Å²) in [6, 6.07) is 1.90. The number of hydrogen-bond acceptors (Lipinski definition) is 4. The molecule has 18 heavy (non-hydrogen) atoms. The molecular weight excluding hydrogens is 230 g/mol. The first kappa shape index (κ1) is 14.9. The lowest BCUT2D eigenvalue weighted by atomic mass is 10.2. The lowest BCUT2D eigenvalue weighted by molar-refractivity contribution is -0.128. The van der Waals surface area contributed by atoms with Gasteiger partial charge in [-0.25, -0.2) is 0 Å². The Morgan fingerprint density at radius 1 is 1.61 bits per heavy atom. The van der Waals surface area contributed by atoms with Crippen molar-refractivity contribution in [1.82, 2.24) is 10.2 Å². The minimum Gasteiger partial charge on any atom is -0.361 e. The fourth-order valence-corrected chi connectivity index (χ4v) is 2.00. The number of rotatable bonds is 6. The molecule has 1 saturated heterocycles. The maximum Gasteiger partial charge on any atom is 0.237 e. The molecule has 2 atom stereocenters. The van der Waals surface area contributed by atoms with Crippen LogP contribution in [0.4, 0.5) is 0 Å². The van der Waals surface area contributed by atoms with Gasteiger partial charge in [-0.15, -0.1) is 0 Å². The molecule has 0 saturated carbocycles. The molecule has 5 nitrogen and oxygen atoms in total. The lowest BCUT2D eigenvalue weighted by Gasteiger charge is -2.33. The standard InChI is InChI=1S/C13H23N3O2/c1-3-4-5-6-15-13(17)11(2)16-7-8-18-12(9-14)10-16/h11-12H,3-8,10H2,1-2H3,(H,15,17). The van der Waals surface area contributed by atoms with E-state index in [1.807, 2.05) is 11.8 Å². The molecule has 0 radical (unpaired) electrons. The number of nitriles is 1. The SMILES string of the molecule is CCCCCNC(=O)C(C)N1CCOC(C#N)C1. The maximum atomic E-state index is 11.9. The van der Waals surface area contributed by atoms with Gasteiger partial charge in [-0.3, -0.25) is 9.69 Å². The summed E-state index contributed by atoms with van der Waals surface area (Å²) in [6.07, 6.45) is 2.91. The summed E-state index contributed by atoms with van der Waals surface area (Å²) < 4.78 is 5.27. The van der Waals surface area contributed by atoms with Gasteiger partial charge in [0.25, 0.3) is 0 Å². The Balaban J connectivity index is 2.31. The van der Waals surface area contributed by atoms with Gasteiger partial charge in [0.15, 0.2) is 6.10 Å². The van der Waals surface area contributed by atoms with Gasteiger partial charge in [0.05, 0.1) is 18.7 Å². The van der Waals surface area contributed by atoms with Gasteiger partial charge in [0.1, 0.15) is 0 Å². The summed E-state index contributed by atoms with van der Waals surface area (Å²) >= 11 is 0. The average molecular weight is 253 g/mol. The van der Waals surface area contributed by atoms with Gasteiger partial charge in [-0.1, -0.05) is 19.8 Å². The predicted octanol–water partition coefficient (Wildman–Crippen LogP) is 0.906. The maximum absolute atomic E-state index is 11.9. The van der Waals surface area contributed by atoms with E-state index in [2.05, 4.69) is 18.3 Å². The number of amides is 1. The van der Waals surface area contributed by atoms with Gasteiger partial charge in [0, 0.05) is 19.6 Å². The Kier molecular flexibility index (Phi) is 6.69. The van der Waals surface area contributed by atoms with Crippen LogP contribution in [0.2, 0.25) is 0 Å². The number of nitrogens with zero attached hydrogens (tertiary/aromatic N) is 2. The van der Waals surface area contributed by atoms with Crippen LogP contribution >= 0.6 is 0 Å². The lowest BCUT2D eigenvalue weighted by Crippen LogP contribution is -2.52. The Labute approximate surface area is 109 Å². The monoisotopic (exact) mass is 253 g/mol. The van der Waals surface area contributed by atoms with E-state index in [4.69, 9.17) is 10.00 Å². The summed E-state index contributed by atoms with van der Waals surface area (Å²) in [7, 11) is 0. The fraction of sp³-hybridized carbons (Fsp3) is 0.846. The van der Waals surface area contributed by atoms with Gasteiger partial charge in [-0.05, 0) is 13.3 Å².